The standard InChI is InChI=1S/C21H21NO2S2/c1-25-20-9-6-16(14-22-20)19-13-21(10-3-11-21)12-18(19)15-4-7-17(8-5-15)26(2,23)24/h4-9,12-14H,3,10-11H2,1-2H3. The minimum absolute atomic E-state index is 0.165. The van der Waals surface area contributed by atoms with E-state index >= 15 is 0 Å². The first kappa shape index (κ1) is 17.6. The topological polar surface area (TPSA) is 47.0 Å². The van der Waals surface area contributed by atoms with E-state index in [0.717, 1.165) is 16.2 Å². The van der Waals surface area contributed by atoms with Crippen LogP contribution in [0.25, 0.3) is 11.1 Å². The Kier molecular flexibility index (Phi) is 4.32. The quantitative estimate of drug-likeness (QED) is 0.708. The molecule has 2 aliphatic carbocycles. The lowest BCUT2D eigenvalue weighted by Gasteiger charge is -2.34. The van der Waals surface area contributed by atoms with Crippen molar-refractivity contribution in [2.45, 2.75) is 29.2 Å². The number of thioether (sulfide) groups is 1. The molecule has 1 aromatic carbocycles. The van der Waals surface area contributed by atoms with Crippen LogP contribution in [0.1, 0.15) is 30.4 Å². The van der Waals surface area contributed by atoms with Gasteiger partial charge in [-0.05, 0) is 54.0 Å². The number of nitrogens with zero attached hydrogens (tertiary/aromatic N) is 1. The van der Waals surface area contributed by atoms with Gasteiger partial charge in [-0.1, -0.05) is 36.8 Å². The summed E-state index contributed by atoms with van der Waals surface area (Å²) in [6.45, 7) is 0. The summed E-state index contributed by atoms with van der Waals surface area (Å²) in [4.78, 5) is 4.88. The highest BCUT2D eigenvalue weighted by Gasteiger charge is 2.38. The van der Waals surface area contributed by atoms with Crippen LogP contribution in [0.2, 0.25) is 0 Å². The Morgan fingerprint density at radius 3 is 2.04 bits per heavy atom. The van der Waals surface area contributed by atoms with Crippen molar-refractivity contribution in [2.75, 3.05) is 12.5 Å². The van der Waals surface area contributed by atoms with Crippen LogP contribution in [-0.2, 0) is 9.84 Å². The molecule has 0 bridgehead atoms. The molecule has 0 unspecified atom stereocenters. The lowest BCUT2D eigenvalue weighted by atomic mass is 9.70. The second-order valence-electron chi connectivity index (χ2n) is 7.09. The van der Waals surface area contributed by atoms with Gasteiger partial charge in [-0.25, -0.2) is 13.4 Å². The number of pyridine rings is 1. The molecule has 0 radical (unpaired) electrons. The van der Waals surface area contributed by atoms with Gasteiger partial charge in [0.1, 0.15) is 0 Å². The minimum atomic E-state index is -3.18. The van der Waals surface area contributed by atoms with Gasteiger partial charge in [-0.3, -0.25) is 0 Å². The van der Waals surface area contributed by atoms with E-state index in [1.807, 2.05) is 24.6 Å². The molecule has 5 heteroatoms. The summed E-state index contributed by atoms with van der Waals surface area (Å²) in [6, 6.07) is 11.4. The molecule has 2 aromatic rings. The fraction of sp³-hybridized carbons (Fsp3) is 0.286. The first-order chi connectivity index (χ1) is 12.4. The molecule has 4 rings (SSSR count). The molecule has 1 spiro atoms. The van der Waals surface area contributed by atoms with Crippen molar-refractivity contribution < 1.29 is 8.42 Å². The van der Waals surface area contributed by atoms with E-state index in [0.29, 0.717) is 4.90 Å². The third kappa shape index (κ3) is 3.14. The number of allylic oxidation sites excluding steroid dienone is 4. The second-order valence-corrected chi connectivity index (χ2v) is 9.93. The van der Waals surface area contributed by atoms with Crippen LogP contribution in [0.4, 0.5) is 0 Å². The van der Waals surface area contributed by atoms with Crippen molar-refractivity contribution in [3.63, 3.8) is 0 Å². The fourth-order valence-corrected chi connectivity index (χ4v) is 4.66. The maximum atomic E-state index is 11.7. The molecule has 0 aliphatic heterocycles. The number of aromatic nitrogens is 1. The maximum absolute atomic E-state index is 11.7. The van der Waals surface area contributed by atoms with Gasteiger partial charge in [0.2, 0.25) is 0 Å². The van der Waals surface area contributed by atoms with E-state index in [1.165, 1.54) is 36.7 Å². The van der Waals surface area contributed by atoms with Gasteiger partial charge in [0, 0.05) is 23.4 Å². The highest BCUT2D eigenvalue weighted by molar-refractivity contribution is 7.98. The van der Waals surface area contributed by atoms with Crippen LogP contribution >= 0.6 is 11.8 Å². The van der Waals surface area contributed by atoms with Gasteiger partial charge in [0.05, 0.1) is 9.92 Å². The zero-order valence-corrected chi connectivity index (χ0v) is 16.5. The summed E-state index contributed by atoms with van der Waals surface area (Å²) < 4.78 is 23.5. The van der Waals surface area contributed by atoms with E-state index in [9.17, 15) is 8.42 Å². The van der Waals surface area contributed by atoms with Crippen molar-refractivity contribution in [1.29, 1.82) is 0 Å². The zero-order chi connectivity index (χ0) is 18.4. The molecule has 1 aromatic heterocycles. The molecule has 3 nitrogen and oxygen atoms in total. The monoisotopic (exact) mass is 383 g/mol. The minimum Gasteiger partial charge on any atom is -0.249 e. The molecule has 26 heavy (non-hydrogen) atoms. The Labute approximate surface area is 159 Å². The molecule has 1 saturated carbocycles. The zero-order valence-electron chi connectivity index (χ0n) is 14.9. The third-order valence-corrected chi connectivity index (χ3v) is 7.08. The van der Waals surface area contributed by atoms with Gasteiger partial charge in [-0.15, -0.1) is 11.8 Å². The largest absolute Gasteiger partial charge is 0.249 e. The van der Waals surface area contributed by atoms with Crippen molar-refractivity contribution in [1.82, 2.24) is 4.98 Å². The average molecular weight is 384 g/mol. The Balaban J connectivity index is 1.75. The number of benzene rings is 1. The van der Waals surface area contributed by atoms with E-state index < -0.39 is 9.84 Å². The smallest absolute Gasteiger partial charge is 0.175 e. The summed E-state index contributed by atoms with van der Waals surface area (Å²) in [5.41, 5.74) is 4.73. The van der Waals surface area contributed by atoms with Crippen LogP contribution < -0.4 is 0 Å². The SMILES string of the molecule is CSc1ccc(C2=CC3(C=C2c2ccc(S(C)(=O)=O)cc2)CCC3)cn1. The molecule has 0 atom stereocenters. The fourth-order valence-electron chi connectivity index (χ4n) is 3.67. The van der Waals surface area contributed by atoms with Gasteiger partial charge >= 0.3 is 0 Å². The van der Waals surface area contributed by atoms with Crippen LogP contribution in [-0.4, -0.2) is 25.9 Å². The molecule has 134 valence electrons. The van der Waals surface area contributed by atoms with Crippen molar-refractivity contribution in [2.24, 2.45) is 5.41 Å². The molecule has 2 aliphatic rings. The molecule has 0 amide bonds. The summed E-state index contributed by atoms with van der Waals surface area (Å²) >= 11 is 1.63. The number of hydrogen-bond donors (Lipinski definition) is 0. The van der Waals surface area contributed by atoms with Crippen molar-refractivity contribution in [3.8, 4) is 0 Å². The first-order valence-corrected chi connectivity index (χ1v) is 11.8. The lowest BCUT2D eigenvalue weighted by molar-refractivity contribution is 0.282. The lowest BCUT2D eigenvalue weighted by Crippen LogP contribution is -2.22. The molecule has 1 heterocycles. The third-order valence-electron chi connectivity index (χ3n) is 5.29. The first-order valence-electron chi connectivity index (χ1n) is 8.67. The number of sulfone groups is 1. The van der Waals surface area contributed by atoms with Crippen LogP contribution in [0, 0.1) is 5.41 Å². The van der Waals surface area contributed by atoms with Gasteiger partial charge in [0.25, 0.3) is 0 Å². The van der Waals surface area contributed by atoms with Gasteiger partial charge < -0.3 is 0 Å². The summed E-state index contributed by atoms with van der Waals surface area (Å²) in [5, 5.41) is 1.01. The van der Waals surface area contributed by atoms with Gasteiger partial charge in [0.15, 0.2) is 9.84 Å². The van der Waals surface area contributed by atoms with E-state index in [-0.39, 0.29) is 5.41 Å². The average Bonchev–Trinajstić information content (AvgIpc) is 3.03. The highest BCUT2D eigenvalue weighted by atomic mass is 32.2. The highest BCUT2D eigenvalue weighted by Crippen LogP contribution is 2.53. The molecule has 0 N–H and O–H groups in total. The normalized spacial score (nSPS) is 18.4. The number of rotatable bonds is 4. The summed E-state index contributed by atoms with van der Waals surface area (Å²) in [7, 11) is -3.18. The van der Waals surface area contributed by atoms with Crippen LogP contribution in [0.15, 0.2) is 64.7 Å². The Bertz CT molecular complexity index is 997. The molecule has 1 fully saturated rings. The van der Waals surface area contributed by atoms with Crippen LogP contribution in [0.3, 0.4) is 0 Å². The second kappa shape index (κ2) is 6.39. The molecular weight excluding hydrogens is 362 g/mol. The predicted molar refractivity (Wildman–Crippen MR) is 108 cm³/mol. The maximum Gasteiger partial charge on any atom is 0.175 e. The summed E-state index contributed by atoms with van der Waals surface area (Å²) in [5.74, 6) is 0. The van der Waals surface area contributed by atoms with E-state index in [4.69, 9.17) is 0 Å². The van der Waals surface area contributed by atoms with Crippen molar-refractivity contribution >= 4 is 32.7 Å². The molecule has 0 saturated heterocycles. The van der Waals surface area contributed by atoms with E-state index in [2.05, 4.69) is 29.3 Å². The molecular formula is C21H21NO2S2. The van der Waals surface area contributed by atoms with E-state index in [1.54, 1.807) is 23.9 Å². The predicted octanol–water partition coefficient (Wildman–Crippen LogP) is 4.86. The Morgan fingerprint density at radius 2 is 1.58 bits per heavy atom. The Morgan fingerprint density at radius 1 is 0.962 bits per heavy atom. The summed E-state index contributed by atoms with van der Waals surface area (Å²) in [6.07, 6.45) is 13.6. The van der Waals surface area contributed by atoms with Crippen molar-refractivity contribution in [3.05, 3.63) is 65.9 Å². The van der Waals surface area contributed by atoms with Gasteiger partial charge in [-0.2, -0.15) is 0 Å². The van der Waals surface area contributed by atoms with Crippen LogP contribution in [0.5, 0.6) is 0 Å². The Hall–Kier alpha value is -1.85. The number of hydrogen-bond acceptors (Lipinski definition) is 4.